The van der Waals surface area contributed by atoms with Crippen LogP contribution < -0.4 is 0 Å². The second-order valence-electron chi connectivity index (χ2n) is 7.48. The molecule has 1 atom stereocenters. The van der Waals surface area contributed by atoms with Crippen molar-refractivity contribution < 1.29 is 9.53 Å². The number of aryl methyl sites for hydroxylation is 2. The first-order valence-corrected chi connectivity index (χ1v) is 10.0. The fourth-order valence-electron chi connectivity index (χ4n) is 3.99. The molecule has 3 heterocycles. The predicted octanol–water partition coefficient (Wildman–Crippen LogP) is 3.94. The molecule has 5 heteroatoms. The maximum absolute atomic E-state index is 13.1. The Morgan fingerprint density at radius 2 is 2.11 bits per heavy atom. The number of ether oxygens (including phenoxy) is 1. The molecule has 2 aromatic heterocycles. The van der Waals surface area contributed by atoms with Gasteiger partial charge in [-0.15, -0.1) is 0 Å². The Bertz CT molecular complexity index is 929. The standard InChI is InChI=1S/C23H27N3O2/c1-18-15-19-7-2-3-10-22(19)26(18)13-11-23(27)25(17-21-9-6-14-28-21)16-20-8-4-5-12-24-20/h2-5,7-8,10,12,15,21H,6,9,11,13-14,16-17H2,1H3/t21-/m0/s1. The molecule has 1 aliphatic heterocycles. The maximum atomic E-state index is 13.1. The van der Waals surface area contributed by atoms with Crippen LogP contribution in [0.5, 0.6) is 0 Å². The highest BCUT2D eigenvalue weighted by Crippen LogP contribution is 2.20. The summed E-state index contributed by atoms with van der Waals surface area (Å²) in [6.07, 6.45) is 4.48. The molecule has 1 amide bonds. The summed E-state index contributed by atoms with van der Waals surface area (Å²) in [5, 5.41) is 1.22. The Balaban J connectivity index is 1.47. The minimum absolute atomic E-state index is 0.141. The number of carbonyl (C=O) groups is 1. The lowest BCUT2D eigenvalue weighted by atomic mass is 10.2. The van der Waals surface area contributed by atoms with Gasteiger partial charge in [0.2, 0.25) is 5.91 Å². The lowest BCUT2D eigenvalue weighted by Crippen LogP contribution is -2.37. The molecule has 0 spiro atoms. The fourth-order valence-corrected chi connectivity index (χ4v) is 3.99. The van der Waals surface area contributed by atoms with E-state index in [2.05, 4.69) is 34.7 Å². The summed E-state index contributed by atoms with van der Waals surface area (Å²) < 4.78 is 8.01. The van der Waals surface area contributed by atoms with Gasteiger partial charge < -0.3 is 14.2 Å². The third kappa shape index (κ3) is 4.25. The van der Waals surface area contributed by atoms with Gasteiger partial charge in [-0.25, -0.2) is 0 Å². The Kier molecular flexibility index (Phi) is 5.72. The van der Waals surface area contributed by atoms with Gasteiger partial charge in [-0.05, 0) is 49.4 Å². The summed E-state index contributed by atoms with van der Waals surface area (Å²) in [6.45, 7) is 4.75. The van der Waals surface area contributed by atoms with E-state index in [1.807, 2.05) is 35.2 Å². The van der Waals surface area contributed by atoms with Gasteiger partial charge in [-0.1, -0.05) is 24.3 Å². The zero-order valence-electron chi connectivity index (χ0n) is 16.4. The van der Waals surface area contributed by atoms with Crippen LogP contribution in [0.3, 0.4) is 0 Å². The van der Waals surface area contributed by atoms with E-state index in [4.69, 9.17) is 4.74 Å². The molecule has 0 unspecified atom stereocenters. The van der Waals surface area contributed by atoms with Gasteiger partial charge in [0.25, 0.3) is 0 Å². The number of aromatic nitrogens is 2. The Morgan fingerprint density at radius 3 is 2.89 bits per heavy atom. The van der Waals surface area contributed by atoms with Crippen molar-refractivity contribution in [2.75, 3.05) is 13.2 Å². The van der Waals surface area contributed by atoms with Crippen LogP contribution >= 0.6 is 0 Å². The number of pyridine rings is 1. The molecule has 5 nitrogen and oxygen atoms in total. The van der Waals surface area contributed by atoms with Crippen LogP contribution in [0, 0.1) is 6.92 Å². The van der Waals surface area contributed by atoms with Crippen molar-refractivity contribution in [1.29, 1.82) is 0 Å². The number of hydrogen-bond donors (Lipinski definition) is 0. The topological polar surface area (TPSA) is 47.4 Å². The minimum Gasteiger partial charge on any atom is -0.376 e. The van der Waals surface area contributed by atoms with Crippen LogP contribution in [-0.2, 0) is 22.6 Å². The van der Waals surface area contributed by atoms with Gasteiger partial charge in [0.1, 0.15) is 0 Å². The van der Waals surface area contributed by atoms with Crippen molar-refractivity contribution in [1.82, 2.24) is 14.5 Å². The van der Waals surface area contributed by atoms with Crippen molar-refractivity contribution in [3.63, 3.8) is 0 Å². The zero-order chi connectivity index (χ0) is 19.3. The van der Waals surface area contributed by atoms with Crippen LogP contribution in [0.25, 0.3) is 10.9 Å². The van der Waals surface area contributed by atoms with Crippen LogP contribution in [0.15, 0.2) is 54.7 Å². The molecule has 1 saturated heterocycles. The third-order valence-electron chi connectivity index (χ3n) is 5.45. The predicted molar refractivity (Wildman–Crippen MR) is 110 cm³/mol. The Labute approximate surface area is 165 Å². The molecule has 3 aromatic rings. The highest BCUT2D eigenvalue weighted by Gasteiger charge is 2.23. The lowest BCUT2D eigenvalue weighted by molar-refractivity contribution is -0.133. The molecule has 0 N–H and O–H groups in total. The minimum atomic E-state index is 0.141. The molecule has 0 saturated carbocycles. The quantitative estimate of drug-likeness (QED) is 0.626. The van der Waals surface area contributed by atoms with Crippen molar-refractivity contribution in [2.24, 2.45) is 0 Å². The molecule has 1 aliphatic rings. The number of benzene rings is 1. The Morgan fingerprint density at radius 1 is 1.25 bits per heavy atom. The molecule has 28 heavy (non-hydrogen) atoms. The Hall–Kier alpha value is -2.66. The summed E-state index contributed by atoms with van der Waals surface area (Å²) in [5.74, 6) is 0.151. The highest BCUT2D eigenvalue weighted by atomic mass is 16.5. The van der Waals surface area contributed by atoms with E-state index in [9.17, 15) is 4.79 Å². The second kappa shape index (κ2) is 8.57. The van der Waals surface area contributed by atoms with Gasteiger partial charge >= 0.3 is 0 Å². The van der Waals surface area contributed by atoms with E-state index in [0.717, 1.165) is 25.1 Å². The molecule has 1 aromatic carbocycles. The van der Waals surface area contributed by atoms with Gasteiger partial charge in [0, 0.05) is 43.5 Å². The maximum Gasteiger partial charge on any atom is 0.224 e. The molecule has 0 bridgehead atoms. The van der Waals surface area contributed by atoms with Crippen molar-refractivity contribution in [3.8, 4) is 0 Å². The number of hydrogen-bond acceptors (Lipinski definition) is 3. The number of rotatable bonds is 7. The first-order valence-electron chi connectivity index (χ1n) is 10.0. The SMILES string of the molecule is Cc1cc2ccccc2n1CCC(=O)N(Cc1ccccn1)C[C@@H]1CCCO1. The third-order valence-corrected chi connectivity index (χ3v) is 5.45. The van der Waals surface area contributed by atoms with Crippen molar-refractivity contribution in [2.45, 2.75) is 45.4 Å². The highest BCUT2D eigenvalue weighted by molar-refractivity contribution is 5.81. The van der Waals surface area contributed by atoms with E-state index in [1.165, 1.54) is 16.6 Å². The summed E-state index contributed by atoms with van der Waals surface area (Å²) >= 11 is 0. The summed E-state index contributed by atoms with van der Waals surface area (Å²) in [5.41, 5.74) is 3.28. The summed E-state index contributed by atoms with van der Waals surface area (Å²) in [4.78, 5) is 19.4. The number of amides is 1. The van der Waals surface area contributed by atoms with Gasteiger partial charge in [-0.3, -0.25) is 9.78 Å². The van der Waals surface area contributed by atoms with Crippen molar-refractivity contribution >= 4 is 16.8 Å². The van der Waals surface area contributed by atoms with Gasteiger partial charge in [0.05, 0.1) is 18.3 Å². The molecule has 0 aliphatic carbocycles. The number of nitrogens with zero attached hydrogens (tertiary/aromatic N) is 3. The summed E-state index contributed by atoms with van der Waals surface area (Å²) in [7, 11) is 0. The first kappa shape index (κ1) is 18.7. The fraction of sp³-hybridized carbons (Fsp3) is 0.391. The van der Waals surface area contributed by atoms with Crippen LogP contribution in [0.2, 0.25) is 0 Å². The zero-order valence-corrected chi connectivity index (χ0v) is 16.4. The second-order valence-corrected chi connectivity index (χ2v) is 7.48. The number of para-hydroxylation sites is 1. The average molecular weight is 377 g/mol. The largest absolute Gasteiger partial charge is 0.376 e. The van der Waals surface area contributed by atoms with Crippen LogP contribution in [-0.4, -0.2) is 39.6 Å². The molecule has 0 radical (unpaired) electrons. The molecular formula is C23H27N3O2. The first-order chi connectivity index (χ1) is 13.7. The summed E-state index contributed by atoms with van der Waals surface area (Å²) in [6, 6.07) is 16.3. The van der Waals surface area contributed by atoms with E-state index in [-0.39, 0.29) is 12.0 Å². The van der Waals surface area contributed by atoms with E-state index >= 15 is 0 Å². The molecule has 4 rings (SSSR count). The van der Waals surface area contributed by atoms with Crippen LogP contribution in [0.1, 0.15) is 30.7 Å². The lowest BCUT2D eigenvalue weighted by Gasteiger charge is -2.25. The van der Waals surface area contributed by atoms with E-state index < -0.39 is 0 Å². The van der Waals surface area contributed by atoms with Crippen LogP contribution in [0.4, 0.5) is 0 Å². The molecular weight excluding hydrogens is 350 g/mol. The monoisotopic (exact) mass is 377 g/mol. The number of carbonyl (C=O) groups excluding carboxylic acids is 1. The average Bonchev–Trinajstić information content (AvgIpc) is 3.33. The van der Waals surface area contributed by atoms with Crippen molar-refractivity contribution in [3.05, 3.63) is 66.1 Å². The van der Waals surface area contributed by atoms with E-state index in [1.54, 1.807) is 6.20 Å². The van der Waals surface area contributed by atoms with Gasteiger partial charge in [0.15, 0.2) is 0 Å². The molecule has 1 fully saturated rings. The van der Waals surface area contributed by atoms with Gasteiger partial charge in [-0.2, -0.15) is 0 Å². The normalized spacial score (nSPS) is 16.5. The number of fused-ring (bicyclic) bond motifs is 1. The smallest absolute Gasteiger partial charge is 0.224 e. The molecule has 146 valence electrons. The van der Waals surface area contributed by atoms with E-state index in [0.29, 0.717) is 26.1 Å².